The fraction of sp³-hybridized carbons (Fsp3) is 0.0588. The second-order valence-electron chi connectivity index (χ2n) is 9.50. The molecule has 0 spiro atoms. The summed E-state index contributed by atoms with van der Waals surface area (Å²) in [7, 11) is 0. The van der Waals surface area contributed by atoms with Gasteiger partial charge in [0.1, 0.15) is 5.69 Å². The van der Waals surface area contributed by atoms with E-state index < -0.39 is 0 Å². The second kappa shape index (κ2) is 10.1. The standard InChI is InChI=1S/C34H24N6/c1-2-25-21-27(26-18-16-23-17-19-28(22-11-5-3-6-12-22)37-30(23)31(26)36-25)33-38-32(24-13-7-4-8-14-24)39-34(40-33)29-15-9-10-20-35-29/h3-21H,2H2,1H3. The molecule has 0 atom stereocenters. The van der Waals surface area contributed by atoms with E-state index in [4.69, 9.17) is 24.9 Å². The monoisotopic (exact) mass is 516 g/mol. The zero-order valence-electron chi connectivity index (χ0n) is 21.9. The first-order valence-corrected chi connectivity index (χ1v) is 13.3. The first kappa shape index (κ1) is 23.7. The number of benzene rings is 3. The fourth-order valence-electron chi connectivity index (χ4n) is 4.88. The number of hydrogen-bond donors (Lipinski definition) is 0. The molecule has 190 valence electrons. The van der Waals surface area contributed by atoms with Crippen LogP contribution in [0, 0.1) is 0 Å². The summed E-state index contributed by atoms with van der Waals surface area (Å²) in [4.78, 5) is 29.4. The van der Waals surface area contributed by atoms with E-state index in [9.17, 15) is 0 Å². The molecular formula is C34H24N6. The molecule has 0 saturated carbocycles. The van der Waals surface area contributed by atoms with E-state index >= 15 is 0 Å². The molecule has 0 bridgehead atoms. The van der Waals surface area contributed by atoms with Gasteiger partial charge in [-0.15, -0.1) is 0 Å². The van der Waals surface area contributed by atoms with Crippen molar-refractivity contribution in [1.29, 1.82) is 0 Å². The molecule has 0 fully saturated rings. The zero-order chi connectivity index (χ0) is 26.9. The topological polar surface area (TPSA) is 77.3 Å². The molecule has 0 amide bonds. The van der Waals surface area contributed by atoms with Crippen molar-refractivity contribution in [2.45, 2.75) is 13.3 Å². The molecule has 4 aromatic heterocycles. The lowest BCUT2D eigenvalue weighted by Crippen LogP contribution is -2.02. The highest BCUT2D eigenvalue weighted by atomic mass is 15.0. The van der Waals surface area contributed by atoms with E-state index in [-0.39, 0.29) is 0 Å². The molecular weight excluding hydrogens is 492 g/mol. The van der Waals surface area contributed by atoms with E-state index in [1.807, 2.05) is 66.7 Å². The third kappa shape index (κ3) is 4.35. The van der Waals surface area contributed by atoms with Crippen molar-refractivity contribution in [2.75, 3.05) is 0 Å². The second-order valence-corrected chi connectivity index (χ2v) is 9.50. The first-order chi connectivity index (χ1) is 19.8. The van der Waals surface area contributed by atoms with Gasteiger partial charge in [-0.2, -0.15) is 0 Å². The molecule has 6 nitrogen and oxygen atoms in total. The number of rotatable bonds is 5. The van der Waals surface area contributed by atoms with Crippen LogP contribution in [-0.4, -0.2) is 29.9 Å². The summed E-state index contributed by atoms with van der Waals surface area (Å²) in [5.74, 6) is 1.70. The van der Waals surface area contributed by atoms with Crippen LogP contribution in [-0.2, 0) is 6.42 Å². The Labute approximate surface area is 231 Å². The van der Waals surface area contributed by atoms with Gasteiger partial charge >= 0.3 is 0 Å². The third-order valence-corrected chi connectivity index (χ3v) is 6.93. The van der Waals surface area contributed by atoms with Crippen LogP contribution in [0.25, 0.3) is 67.4 Å². The van der Waals surface area contributed by atoms with E-state index in [2.05, 4.69) is 54.4 Å². The summed E-state index contributed by atoms with van der Waals surface area (Å²) in [5, 5.41) is 1.98. The Morgan fingerprint density at radius 1 is 0.525 bits per heavy atom. The van der Waals surface area contributed by atoms with E-state index in [0.29, 0.717) is 23.2 Å². The van der Waals surface area contributed by atoms with E-state index in [1.54, 1.807) is 6.20 Å². The zero-order valence-corrected chi connectivity index (χ0v) is 21.9. The molecule has 6 heteroatoms. The average Bonchev–Trinajstić information content (AvgIpc) is 3.05. The number of nitrogens with zero attached hydrogens (tertiary/aromatic N) is 6. The summed E-state index contributed by atoms with van der Waals surface area (Å²) in [6, 6.07) is 36.4. The largest absolute Gasteiger partial charge is 0.253 e. The van der Waals surface area contributed by atoms with Gasteiger partial charge in [-0.1, -0.05) is 91.9 Å². The Morgan fingerprint density at radius 2 is 1.23 bits per heavy atom. The van der Waals surface area contributed by atoms with Gasteiger partial charge in [0.15, 0.2) is 17.5 Å². The van der Waals surface area contributed by atoms with Gasteiger partial charge in [0.05, 0.1) is 16.7 Å². The maximum atomic E-state index is 5.09. The Hall–Kier alpha value is -5.36. The summed E-state index contributed by atoms with van der Waals surface area (Å²) in [5.41, 5.74) is 7.13. The van der Waals surface area contributed by atoms with Crippen LogP contribution in [0.3, 0.4) is 0 Å². The quantitative estimate of drug-likeness (QED) is 0.219. The highest BCUT2D eigenvalue weighted by Gasteiger charge is 2.18. The highest BCUT2D eigenvalue weighted by Crippen LogP contribution is 2.33. The summed E-state index contributed by atoms with van der Waals surface area (Å²) in [6.45, 7) is 2.11. The minimum Gasteiger partial charge on any atom is -0.253 e. The normalized spacial score (nSPS) is 11.2. The van der Waals surface area contributed by atoms with Gasteiger partial charge in [-0.05, 0) is 30.7 Å². The molecule has 0 unspecified atom stereocenters. The van der Waals surface area contributed by atoms with Crippen molar-refractivity contribution in [3.8, 4) is 45.6 Å². The van der Waals surface area contributed by atoms with Crippen LogP contribution < -0.4 is 0 Å². The van der Waals surface area contributed by atoms with Crippen molar-refractivity contribution >= 4 is 21.8 Å². The molecule has 0 aliphatic carbocycles. The van der Waals surface area contributed by atoms with Crippen LogP contribution in [0.5, 0.6) is 0 Å². The Morgan fingerprint density at radius 3 is 1.98 bits per heavy atom. The number of fused-ring (bicyclic) bond motifs is 3. The van der Waals surface area contributed by atoms with Crippen LogP contribution >= 0.6 is 0 Å². The lowest BCUT2D eigenvalue weighted by molar-refractivity contribution is 1.04. The minimum atomic E-state index is 0.526. The van der Waals surface area contributed by atoms with E-state index in [1.165, 1.54) is 0 Å². The number of aryl methyl sites for hydroxylation is 1. The fourth-order valence-corrected chi connectivity index (χ4v) is 4.88. The maximum absolute atomic E-state index is 5.09. The Kier molecular flexibility index (Phi) is 5.98. The van der Waals surface area contributed by atoms with Gasteiger partial charge in [-0.3, -0.25) is 9.97 Å². The van der Waals surface area contributed by atoms with Crippen molar-refractivity contribution in [3.05, 3.63) is 121 Å². The predicted molar refractivity (Wildman–Crippen MR) is 159 cm³/mol. The first-order valence-electron chi connectivity index (χ1n) is 13.3. The molecule has 0 aliphatic heterocycles. The third-order valence-electron chi connectivity index (χ3n) is 6.93. The lowest BCUT2D eigenvalue weighted by Gasteiger charge is -2.13. The van der Waals surface area contributed by atoms with Gasteiger partial charge < -0.3 is 0 Å². The smallest absolute Gasteiger partial charge is 0.182 e. The summed E-state index contributed by atoms with van der Waals surface area (Å²) >= 11 is 0. The van der Waals surface area contributed by atoms with Crippen LogP contribution in [0.1, 0.15) is 12.6 Å². The van der Waals surface area contributed by atoms with Gasteiger partial charge in [-0.25, -0.2) is 19.9 Å². The van der Waals surface area contributed by atoms with Crippen molar-refractivity contribution in [2.24, 2.45) is 0 Å². The van der Waals surface area contributed by atoms with Gasteiger partial charge in [0, 0.05) is 39.4 Å². The lowest BCUT2D eigenvalue weighted by atomic mass is 10.0. The van der Waals surface area contributed by atoms with Crippen molar-refractivity contribution < 1.29 is 0 Å². The van der Waals surface area contributed by atoms with Gasteiger partial charge in [0.25, 0.3) is 0 Å². The van der Waals surface area contributed by atoms with E-state index in [0.717, 1.165) is 56.3 Å². The van der Waals surface area contributed by atoms with Gasteiger partial charge in [0.2, 0.25) is 0 Å². The molecule has 0 aliphatic rings. The molecule has 7 aromatic rings. The average molecular weight is 517 g/mol. The molecule has 4 heterocycles. The predicted octanol–water partition coefficient (Wildman–Crippen LogP) is 7.59. The van der Waals surface area contributed by atoms with Crippen LogP contribution in [0.2, 0.25) is 0 Å². The van der Waals surface area contributed by atoms with Crippen molar-refractivity contribution in [3.63, 3.8) is 0 Å². The summed E-state index contributed by atoms with van der Waals surface area (Å²) in [6.07, 6.45) is 2.52. The SMILES string of the molecule is CCc1cc(-c2nc(-c3ccccc3)nc(-c3ccccn3)n2)c2ccc3ccc(-c4ccccc4)nc3c2n1. The molecule has 0 N–H and O–H groups in total. The maximum Gasteiger partial charge on any atom is 0.182 e. The van der Waals surface area contributed by atoms with Crippen molar-refractivity contribution in [1.82, 2.24) is 29.9 Å². The number of pyridine rings is 3. The Balaban J connectivity index is 1.50. The minimum absolute atomic E-state index is 0.526. The number of aromatic nitrogens is 6. The number of hydrogen-bond acceptors (Lipinski definition) is 6. The highest BCUT2D eigenvalue weighted by molar-refractivity contribution is 6.08. The molecule has 40 heavy (non-hydrogen) atoms. The molecule has 0 saturated heterocycles. The Bertz CT molecular complexity index is 1920. The van der Waals surface area contributed by atoms with Crippen LogP contribution in [0.15, 0.2) is 115 Å². The van der Waals surface area contributed by atoms with Crippen LogP contribution in [0.4, 0.5) is 0 Å². The molecule has 0 radical (unpaired) electrons. The summed E-state index contributed by atoms with van der Waals surface area (Å²) < 4.78 is 0. The molecule has 3 aromatic carbocycles. The molecule has 7 rings (SSSR count).